The third-order valence-corrected chi connectivity index (χ3v) is 8.31. The van der Waals surface area contributed by atoms with Gasteiger partial charge in [-0.05, 0) is 48.5 Å². The molecule has 226 valence electrons. The predicted octanol–water partition coefficient (Wildman–Crippen LogP) is 3.26. The summed E-state index contributed by atoms with van der Waals surface area (Å²) in [5.41, 5.74) is 6.80. The number of nitrogens with zero attached hydrogens (tertiary/aromatic N) is 6. The zero-order chi connectivity index (χ0) is 30.5. The highest BCUT2D eigenvalue weighted by atomic mass is 16.2. The fourth-order valence-corrected chi connectivity index (χ4v) is 5.56. The normalized spacial score (nSPS) is 14.1. The van der Waals surface area contributed by atoms with E-state index >= 15 is 0 Å². The molecule has 0 saturated carbocycles. The number of carbonyl (C=O) groups excluding carboxylic acids is 2. The quantitative estimate of drug-likeness (QED) is 0.259. The van der Waals surface area contributed by atoms with Crippen LogP contribution in [-0.4, -0.2) is 87.3 Å². The van der Waals surface area contributed by atoms with Crippen LogP contribution in [0.15, 0.2) is 85.3 Å². The molecule has 0 unspecified atom stereocenters. The number of benzene rings is 3. The van der Waals surface area contributed by atoms with Crippen LogP contribution in [-0.2, 0) is 20.0 Å². The number of hydrogen-bond donors (Lipinski definition) is 2. The maximum absolute atomic E-state index is 13.1. The summed E-state index contributed by atoms with van der Waals surface area (Å²) in [6.07, 6.45) is 4.04. The van der Waals surface area contributed by atoms with E-state index in [-0.39, 0.29) is 11.8 Å². The Morgan fingerprint density at radius 2 is 1.61 bits per heavy atom. The van der Waals surface area contributed by atoms with Crippen LogP contribution in [0.3, 0.4) is 0 Å². The molecule has 5 aromatic rings. The van der Waals surface area contributed by atoms with E-state index in [2.05, 4.69) is 37.6 Å². The highest BCUT2D eigenvalue weighted by Crippen LogP contribution is 2.20. The highest BCUT2D eigenvalue weighted by Gasteiger charge is 2.17. The lowest BCUT2D eigenvalue weighted by Gasteiger charge is -2.32. The van der Waals surface area contributed by atoms with Crippen molar-refractivity contribution in [3.05, 3.63) is 113 Å². The molecule has 3 heterocycles. The van der Waals surface area contributed by atoms with E-state index in [9.17, 15) is 9.59 Å². The van der Waals surface area contributed by atoms with Gasteiger partial charge < -0.3 is 15.5 Å². The lowest BCUT2D eigenvalue weighted by atomic mass is 10.1. The van der Waals surface area contributed by atoms with E-state index in [0.29, 0.717) is 30.6 Å². The molecule has 10 heteroatoms. The summed E-state index contributed by atoms with van der Waals surface area (Å²) in [6, 6.07) is 23.7. The second-order valence-electron chi connectivity index (χ2n) is 11.4. The van der Waals surface area contributed by atoms with Gasteiger partial charge in [-0.3, -0.25) is 23.7 Å². The number of aryl methyl sites for hydroxylation is 1. The van der Waals surface area contributed by atoms with Gasteiger partial charge in [0.2, 0.25) is 0 Å². The van der Waals surface area contributed by atoms with Crippen molar-refractivity contribution < 1.29 is 9.59 Å². The largest absolute Gasteiger partial charge is 0.351 e. The molecule has 0 aliphatic carbocycles. The Morgan fingerprint density at radius 3 is 2.39 bits per heavy atom. The summed E-state index contributed by atoms with van der Waals surface area (Å²) in [5.74, 6) is -0.228. The molecule has 0 spiro atoms. The molecule has 2 N–H and O–H groups in total. The number of likely N-dealkylation sites (N-methyl/N-ethyl adjacent to an activating group) is 1. The van der Waals surface area contributed by atoms with Gasteiger partial charge in [0.25, 0.3) is 11.8 Å². The first-order valence-electron chi connectivity index (χ1n) is 15.0. The zero-order valence-electron chi connectivity index (χ0n) is 25.2. The second-order valence-corrected chi connectivity index (χ2v) is 11.4. The number of rotatable bonds is 10. The molecule has 2 aromatic heterocycles. The van der Waals surface area contributed by atoms with Crippen LogP contribution < -0.4 is 10.6 Å². The molecule has 10 nitrogen and oxygen atoms in total. The Bertz CT molecular complexity index is 1730. The van der Waals surface area contributed by atoms with Gasteiger partial charge in [0, 0.05) is 70.5 Å². The molecule has 1 aliphatic heterocycles. The summed E-state index contributed by atoms with van der Waals surface area (Å²) in [6.45, 7) is 6.08. The summed E-state index contributed by atoms with van der Waals surface area (Å²) < 4.78 is 3.76. The average molecular weight is 591 g/mol. The molecule has 0 radical (unpaired) electrons. The number of imidazole rings is 1. The fourth-order valence-electron chi connectivity index (χ4n) is 5.56. The summed E-state index contributed by atoms with van der Waals surface area (Å²) in [5, 5.41) is 10.4. The van der Waals surface area contributed by atoms with Crippen molar-refractivity contribution in [2.75, 3.05) is 46.3 Å². The summed E-state index contributed by atoms with van der Waals surface area (Å²) in [7, 11) is 4.00. The molecule has 0 bridgehead atoms. The van der Waals surface area contributed by atoms with Crippen LogP contribution in [0, 0.1) is 0 Å². The minimum atomic E-state index is -0.145. The average Bonchev–Trinajstić information content (AvgIpc) is 3.64. The Morgan fingerprint density at radius 1 is 0.841 bits per heavy atom. The minimum Gasteiger partial charge on any atom is -0.351 e. The smallest absolute Gasteiger partial charge is 0.255 e. The van der Waals surface area contributed by atoms with Gasteiger partial charge in [-0.2, -0.15) is 5.10 Å². The van der Waals surface area contributed by atoms with Crippen molar-refractivity contribution in [2.45, 2.75) is 13.0 Å². The fraction of sp³-hybridized carbons (Fsp3) is 0.294. The molecule has 1 fully saturated rings. The van der Waals surface area contributed by atoms with Crippen LogP contribution in [0.2, 0.25) is 0 Å². The Kier molecular flexibility index (Phi) is 8.81. The predicted molar refractivity (Wildman–Crippen MR) is 171 cm³/mol. The SMILES string of the molecule is CN1CCN(CCNC(=O)c2ccc3c(c2)ncn3-c2ccc(CNC(=O)c3cnn(C)c3Cc3ccccc3)cc2)CC1. The van der Waals surface area contributed by atoms with E-state index in [1.165, 1.54) is 0 Å². The topological polar surface area (TPSA) is 100 Å². The van der Waals surface area contributed by atoms with E-state index in [1.807, 2.05) is 84.4 Å². The van der Waals surface area contributed by atoms with Gasteiger partial charge in [0.05, 0.1) is 28.5 Å². The van der Waals surface area contributed by atoms with Crippen LogP contribution in [0.1, 0.15) is 37.5 Å². The molecular formula is C34H38N8O2. The van der Waals surface area contributed by atoms with Crippen molar-refractivity contribution in [3.8, 4) is 5.69 Å². The first-order chi connectivity index (χ1) is 21.4. The highest BCUT2D eigenvalue weighted by molar-refractivity contribution is 5.97. The Labute approximate surface area is 257 Å². The van der Waals surface area contributed by atoms with E-state index < -0.39 is 0 Å². The number of hydrogen-bond acceptors (Lipinski definition) is 6. The van der Waals surface area contributed by atoms with Crippen molar-refractivity contribution in [1.82, 2.24) is 39.8 Å². The van der Waals surface area contributed by atoms with Crippen molar-refractivity contribution >= 4 is 22.8 Å². The monoisotopic (exact) mass is 590 g/mol. The van der Waals surface area contributed by atoms with Crippen LogP contribution >= 0.6 is 0 Å². The molecular weight excluding hydrogens is 552 g/mol. The molecule has 6 rings (SSSR count). The maximum Gasteiger partial charge on any atom is 0.255 e. The number of amides is 2. The van der Waals surface area contributed by atoms with Gasteiger partial charge in [0.1, 0.15) is 6.33 Å². The lowest BCUT2D eigenvalue weighted by Crippen LogP contribution is -2.46. The van der Waals surface area contributed by atoms with Crippen LogP contribution in [0.5, 0.6) is 0 Å². The van der Waals surface area contributed by atoms with E-state index in [0.717, 1.165) is 66.3 Å². The van der Waals surface area contributed by atoms with Gasteiger partial charge in [-0.1, -0.05) is 42.5 Å². The molecule has 1 saturated heterocycles. The Balaban J connectivity index is 1.05. The number of nitrogens with one attached hydrogen (secondary N) is 2. The molecule has 1 aliphatic rings. The third-order valence-electron chi connectivity index (χ3n) is 8.31. The minimum absolute atomic E-state index is 0.0829. The summed E-state index contributed by atoms with van der Waals surface area (Å²) in [4.78, 5) is 35.1. The number of fused-ring (bicyclic) bond motifs is 1. The second kappa shape index (κ2) is 13.2. The molecule has 3 aromatic carbocycles. The number of carbonyl (C=O) groups is 2. The van der Waals surface area contributed by atoms with Gasteiger partial charge >= 0.3 is 0 Å². The zero-order valence-corrected chi connectivity index (χ0v) is 25.2. The number of aromatic nitrogens is 4. The molecule has 0 atom stereocenters. The van der Waals surface area contributed by atoms with E-state index in [1.54, 1.807) is 17.2 Å². The van der Waals surface area contributed by atoms with Crippen molar-refractivity contribution in [2.24, 2.45) is 7.05 Å². The lowest BCUT2D eigenvalue weighted by molar-refractivity contribution is 0.0936. The van der Waals surface area contributed by atoms with Crippen LogP contribution in [0.4, 0.5) is 0 Å². The summed E-state index contributed by atoms with van der Waals surface area (Å²) >= 11 is 0. The Hall–Kier alpha value is -4.80. The first-order valence-corrected chi connectivity index (χ1v) is 15.0. The maximum atomic E-state index is 13.1. The van der Waals surface area contributed by atoms with E-state index in [4.69, 9.17) is 0 Å². The number of piperazine rings is 1. The van der Waals surface area contributed by atoms with Crippen molar-refractivity contribution in [1.29, 1.82) is 0 Å². The van der Waals surface area contributed by atoms with Gasteiger partial charge in [-0.25, -0.2) is 4.98 Å². The van der Waals surface area contributed by atoms with Crippen molar-refractivity contribution in [3.63, 3.8) is 0 Å². The molecule has 2 amide bonds. The van der Waals surface area contributed by atoms with Crippen LogP contribution in [0.25, 0.3) is 16.7 Å². The van der Waals surface area contributed by atoms with Gasteiger partial charge in [0.15, 0.2) is 0 Å². The molecule has 44 heavy (non-hydrogen) atoms. The first kappa shape index (κ1) is 29.3. The van der Waals surface area contributed by atoms with Gasteiger partial charge in [-0.15, -0.1) is 0 Å². The standard InChI is InChI=1S/C34H38N8O2/c1-39-16-18-41(19-17-39)15-14-35-33(43)27-10-13-31-30(21-27)37-24-42(31)28-11-8-26(9-12-28)22-36-34(44)29-23-38-40(2)32(29)20-25-6-4-3-5-7-25/h3-13,21,23-24H,14-20,22H2,1-2H3,(H,35,43)(H,36,44). The third kappa shape index (κ3) is 6.72.